The average Bonchev–Trinajstić information content (AvgIpc) is 2.57. The largest absolute Gasteiger partial charge is 0.353 e. The summed E-state index contributed by atoms with van der Waals surface area (Å²) in [5.74, 6) is 1.02. The fraction of sp³-hybridized carbons (Fsp3) is 0.250. The van der Waals surface area contributed by atoms with E-state index in [1.165, 1.54) is 0 Å². The molecule has 22 heavy (non-hydrogen) atoms. The zero-order valence-corrected chi connectivity index (χ0v) is 13.5. The first kappa shape index (κ1) is 15.1. The molecule has 3 rings (SSSR count). The zero-order valence-electron chi connectivity index (χ0n) is 12.0. The number of hydrogen-bond acceptors (Lipinski definition) is 4. The summed E-state index contributed by atoms with van der Waals surface area (Å²) in [6, 6.07) is 11.5. The average molecular weight is 335 g/mol. The normalized spacial score (nSPS) is 15.5. The van der Waals surface area contributed by atoms with Crippen molar-refractivity contribution in [1.82, 2.24) is 9.99 Å². The first-order valence-electron chi connectivity index (χ1n) is 7.13. The molecular weight excluding hydrogens is 319 g/mol. The van der Waals surface area contributed by atoms with Crippen molar-refractivity contribution in [1.29, 1.82) is 0 Å². The molecule has 0 bridgehead atoms. The SMILES string of the molecule is Clc1cccc(C=NN2CCN(c3ccccn3)CC2)c1Cl. The number of pyridine rings is 1. The molecule has 1 aliphatic rings. The molecule has 1 aromatic heterocycles. The van der Waals surface area contributed by atoms with E-state index in [2.05, 4.69) is 15.0 Å². The lowest BCUT2D eigenvalue weighted by atomic mass is 10.2. The summed E-state index contributed by atoms with van der Waals surface area (Å²) < 4.78 is 0. The van der Waals surface area contributed by atoms with E-state index < -0.39 is 0 Å². The second-order valence-corrected chi connectivity index (χ2v) is 5.80. The Morgan fingerprint density at radius 2 is 1.82 bits per heavy atom. The predicted molar refractivity (Wildman–Crippen MR) is 92.1 cm³/mol. The van der Waals surface area contributed by atoms with Gasteiger partial charge in [-0.15, -0.1) is 0 Å². The molecule has 2 heterocycles. The number of anilines is 1. The molecule has 0 atom stereocenters. The van der Waals surface area contributed by atoms with Crippen molar-refractivity contribution in [3.05, 3.63) is 58.2 Å². The summed E-state index contributed by atoms with van der Waals surface area (Å²) in [5, 5.41) is 7.63. The molecule has 0 aliphatic carbocycles. The summed E-state index contributed by atoms with van der Waals surface area (Å²) >= 11 is 12.2. The number of benzene rings is 1. The van der Waals surface area contributed by atoms with Crippen LogP contribution in [0.2, 0.25) is 10.0 Å². The molecule has 0 radical (unpaired) electrons. The third-order valence-electron chi connectivity index (χ3n) is 3.57. The van der Waals surface area contributed by atoms with Crippen LogP contribution in [0.5, 0.6) is 0 Å². The van der Waals surface area contributed by atoms with Crippen LogP contribution in [-0.2, 0) is 0 Å². The van der Waals surface area contributed by atoms with Crippen molar-refractivity contribution in [2.45, 2.75) is 0 Å². The predicted octanol–water partition coefficient (Wildman–Crippen LogP) is 3.54. The van der Waals surface area contributed by atoms with E-state index in [1.54, 1.807) is 12.3 Å². The van der Waals surface area contributed by atoms with Gasteiger partial charge in [0.1, 0.15) is 5.82 Å². The standard InChI is InChI=1S/C16H16Cl2N4/c17-14-5-3-4-13(16(14)18)12-20-22-10-8-21(9-11-22)15-6-1-2-7-19-15/h1-7,12H,8-11H2. The monoisotopic (exact) mass is 334 g/mol. The van der Waals surface area contributed by atoms with Crippen LogP contribution >= 0.6 is 23.2 Å². The summed E-state index contributed by atoms with van der Waals surface area (Å²) in [5.41, 5.74) is 0.835. The van der Waals surface area contributed by atoms with Gasteiger partial charge in [-0.25, -0.2) is 4.98 Å². The van der Waals surface area contributed by atoms with Gasteiger partial charge >= 0.3 is 0 Å². The highest BCUT2D eigenvalue weighted by molar-refractivity contribution is 6.43. The van der Waals surface area contributed by atoms with Gasteiger partial charge in [0, 0.05) is 24.8 Å². The first-order chi connectivity index (χ1) is 10.7. The van der Waals surface area contributed by atoms with Crippen LogP contribution in [0.25, 0.3) is 0 Å². The lowest BCUT2D eigenvalue weighted by molar-refractivity contribution is 0.271. The minimum atomic E-state index is 0.542. The van der Waals surface area contributed by atoms with Crippen molar-refractivity contribution in [3.63, 3.8) is 0 Å². The maximum absolute atomic E-state index is 6.16. The van der Waals surface area contributed by atoms with Crippen LogP contribution in [-0.4, -0.2) is 42.4 Å². The number of piperazine rings is 1. The lowest BCUT2D eigenvalue weighted by Gasteiger charge is -2.33. The van der Waals surface area contributed by atoms with E-state index in [1.807, 2.05) is 41.5 Å². The fourth-order valence-corrected chi connectivity index (χ4v) is 2.70. The van der Waals surface area contributed by atoms with Crippen molar-refractivity contribution < 1.29 is 0 Å². The Morgan fingerprint density at radius 3 is 2.55 bits per heavy atom. The summed E-state index contributed by atoms with van der Waals surface area (Å²) in [4.78, 5) is 6.64. The van der Waals surface area contributed by atoms with Gasteiger partial charge in [-0.3, -0.25) is 5.01 Å². The number of hydrazone groups is 1. The maximum atomic E-state index is 6.16. The van der Waals surface area contributed by atoms with Gasteiger partial charge < -0.3 is 4.90 Å². The second kappa shape index (κ2) is 6.99. The number of halogens is 2. The quantitative estimate of drug-likeness (QED) is 0.804. The molecule has 1 aliphatic heterocycles. The Morgan fingerprint density at radius 1 is 1.00 bits per heavy atom. The van der Waals surface area contributed by atoms with Crippen molar-refractivity contribution >= 4 is 35.2 Å². The minimum Gasteiger partial charge on any atom is -0.353 e. The van der Waals surface area contributed by atoms with Gasteiger partial charge in [0.2, 0.25) is 0 Å². The number of hydrogen-bond donors (Lipinski definition) is 0. The van der Waals surface area contributed by atoms with E-state index in [9.17, 15) is 0 Å². The Bertz CT molecular complexity index is 652. The molecule has 114 valence electrons. The zero-order chi connectivity index (χ0) is 15.4. The minimum absolute atomic E-state index is 0.542. The molecule has 0 amide bonds. The first-order valence-corrected chi connectivity index (χ1v) is 7.88. The van der Waals surface area contributed by atoms with Gasteiger partial charge in [-0.1, -0.05) is 41.4 Å². The third kappa shape index (κ3) is 3.51. The smallest absolute Gasteiger partial charge is 0.128 e. The molecular formula is C16H16Cl2N4. The topological polar surface area (TPSA) is 31.7 Å². The van der Waals surface area contributed by atoms with Gasteiger partial charge in [-0.05, 0) is 18.2 Å². The Labute approximate surface area is 140 Å². The second-order valence-electron chi connectivity index (χ2n) is 5.02. The van der Waals surface area contributed by atoms with Crippen molar-refractivity contribution in [2.75, 3.05) is 31.1 Å². The van der Waals surface area contributed by atoms with Gasteiger partial charge in [0.05, 0.1) is 29.3 Å². The molecule has 0 unspecified atom stereocenters. The molecule has 0 spiro atoms. The highest BCUT2D eigenvalue weighted by atomic mass is 35.5. The number of nitrogens with zero attached hydrogens (tertiary/aromatic N) is 4. The summed E-state index contributed by atoms with van der Waals surface area (Å²) in [6.07, 6.45) is 3.59. The molecule has 4 nitrogen and oxygen atoms in total. The summed E-state index contributed by atoms with van der Waals surface area (Å²) in [6.45, 7) is 3.51. The molecule has 1 saturated heterocycles. The Balaban J connectivity index is 1.60. The molecule has 2 aromatic rings. The van der Waals surface area contributed by atoms with Crippen LogP contribution in [0.1, 0.15) is 5.56 Å². The molecule has 0 N–H and O–H groups in total. The Kier molecular flexibility index (Phi) is 4.80. The summed E-state index contributed by atoms with van der Waals surface area (Å²) in [7, 11) is 0. The van der Waals surface area contributed by atoms with Crippen LogP contribution in [0.15, 0.2) is 47.7 Å². The third-order valence-corrected chi connectivity index (χ3v) is 4.40. The molecule has 0 saturated carbocycles. The fourth-order valence-electron chi connectivity index (χ4n) is 2.35. The van der Waals surface area contributed by atoms with E-state index >= 15 is 0 Å². The van der Waals surface area contributed by atoms with Gasteiger partial charge in [0.15, 0.2) is 0 Å². The van der Waals surface area contributed by atoms with Crippen molar-refractivity contribution in [2.24, 2.45) is 5.10 Å². The van der Waals surface area contributed by atoms with E-state index in [0.29, 0.717) is 10.0 Å². The highest BCUT2D eigenvalue weighted by Gasteiger charge is 2.16. The molecule has 1 aromatic carbocycles. The molecule has 6 heteroatoms. The lowest BCUT2D eigenvalue weighted by Crippen LogP contribution is -2.44. The maximum Gasteiger partial charge on any atom is 0.128 e. The van der Waals surface area contributed by atoms with Gasteiger partial charge in [-0.2, -0.15) is 5.10 Å². The number of aromatic nitrogens is 1. The highest BCUT2D eigenvalue weighted by Crippen LogP contribution is 2.24. The van der Waals surface area contributed by atoms with E-state index in [-0.39, 0.29) is 0 Å². The van der Waals surface area contributed by atoms with Crippen LogP contribution in [0.4, 0.5) is 5.82 Å². The van der Waals surface area contributed by atoms with E-state index in [0.717, 1.165) is 37.6 Å². The number of rotatable bonds is 3. The van der Waals surface area contributed by atoms with Crippen LogP contribution < -0.4 is 4.90 Å². The van der Waals surface area contributed by atoms with Crippen LogP contribution in [0, 0.1) is 0 Å². The Hall–Kier alpha value is -1.78. The molecule has 1 fully saturated rings. The van der Waals surface area contributed by atoms with Crippen LogP contribution in [0.3, 0.4) is 0 Å². The van der Waals surface area contributed by atoms with E-state index in [4.69, 9.17) is 23.2 Å². The van der Waals surface area contributed by atoms with Crippen molar-refractivity contribution in [3.8, 4) is 0 Å². The van der Waals surface area contributed by atoms with Gasteiger partial charge in [0.25, 0.3) is 0 Å².